The lowest BCUT2D eigenvalue weighted by Crippen LogP contribution is -2.46. The largest absolute Gasteiger partial charge is 0.379 e. The van der Waals surface area contributed by atoms with Crippen LogP contribution in [0.5, 0.6) is 0 Å². The molecule has 4 atom stereocenters. The van der Waals surface area contributed by atoms with Gasteiger partial charge in [0.1, 0.15) is 11.4 Å². The number of hydrogen-bond acceptors (Lipinski definition) is 8. The Kier molecular flexibility index (Phi) is 10.4. The minimum atomic E-state index is -0.905. The number of aromatic nitrogens is 1. The summed E-state index contributed by atoms with van der Waals surface area (Å²) in [5.74, 6) is -1.91. The minimum Gasteiger partial charge on any atom is -0.379 e. The lowest BCUT2D eigenvalue weighted by molar-refractivity contribution is -0.134. The third-order valence-electron chi connectivity index (χ3n) is 8.34. The van der Waals surface area contributed by atoms with Crippen molar-refractivity contribution >= 4 is 23.3 Å². The van der Waals surface area contributed by atoms with Crippen LogP contribution in [0.3, 0.4) is 0 Å². The predicted octanol–water partition coefficient (Wildman–Crippen LogP) is 1.77. The van der Waals surface area contributed by atoms with E-state index in [1.54, 1.807) is 33.2 Å². The van der Waals surface area contributed by atoms with Gasteiger partial charge in [-0.1, -0.05) is 24.6 Å². The molecule has 1 N–H and O–H groups in total. The van der Waals surface area contributed by atoms with Crippen molar-refractivity contribution in [3.63, 3.8) is 0 Å². The molecule has 1 aromatic rings. The zero-order valence-electron chi connectivity index (χ0n) is 24.5. The highest BCUT2D eigenvalue weighted by molar-refractivity contribution is 5.97. The van der Waals surface area contributed by atoms with Gasteiger partial charge in [-0.2, -0.15) is 0 Å². The van der Waals surface area contributed by atoms with Crippen LogP contribution >= 0.6 is 0 Å². The third kappa shape index (κ3) is 8.77. The second-order valence-electron chi connectivity index (χ2n) is 12.0. The number of nitrogens with zero attached hydrogens (tertiary/aromatic N) is 2. The number of morpholine rings is 1. The molecule has 1 aromatic heterocycles. The van der Waals surface area contributed by atoms with E-state index in [0.29, 0.717) is 44.9 Å². The quantitative estimate of drug-likeness (QED) is 0.250. The van der Waals surface area contributed by atoms with Gasteiger partial charge in [0.2, 0.25) is 11.5 Å². The van der Waals surface area contributed by atoms with Crippen molar-refractivity contribution in [2.45, 2.75) is 70.4 Å². The summed E-state index contributed by atoms with van der Waals surface area (Å²) in [4.78, 5) is 67.0. The van der Waals surface area contributed by atoms with Crippen LogP contribution in [-0.4, -0.2) is 83.8 Å². The molecule has 1 aliphatic carbocycles. The van der Waals surface area contributed by atoms with Crippen molar-refractivity contribution in [2.75, 3.05) is 39.5 Å². The maximum atomic E-state index is 13.8. The van der Waals surface area contributed by atoms with E-state index in [2.05, 4.69) is 11.4 Å². The summed E-state index contributed by atoms with van der Waals surface area (Å²) >= 11 is 0. The lowest BCUT2D eigenvalue weighted by Gasteiger charge is -2.26. The molecule has 3 heterocycles. The minimum absolute atomic E-state index is 0.0177. The average Bonchev–Trinajstić information content (AvgIpc) is 3.48. The Morgan fingerprint density at radius 1 is 1.10 bits per heavy atom. The van der Waals surface area contributed by atoms with Crippen LogP contribution in [-0.2, 0) is 42.1 Å². The lowest BCUT2D eigenvalue weighted by atomic mass is 9.83. The Bertz CT molecular complexity index is 1230. The number of Topliss-reactive ketones (excluding diaryl/α,β-unsaturated/α-hetero) is 3. The molecule has 1 amide bonds. The number of carbonyl (C=O) groups is 4. The van der Waals surface area contributed by atoms with E-state index >= 15 is 0 Å². The molecule has 10 heteroatoms. The van der Waals surface area contributed by atoms with Crippen molar-refractivity contribution in [1.29, 1.82) is 0 Å². The topological polar surface area (TPSA) is 127 Å². The number of hydrogen-bond donors (Lipinski definition) is 1. The van der Waals surface area contributed by atoms with Gasteiger partial charge in [0.15, 0.2) is 11.6 Å². The van der Waals surface area contributed by atoms with Gasteiger partial charge in [-0.3, -0.25) is 28.9 Å². The Balaban J connectivity index is 1.46. The van der Waals surface area contributed by atoms with Crippen molar-refractivity contribution < 1.29 is 28.7 Å². The molecule has 3 aliphatic rings. The molecule has 2 saturated heterocycles. The van der Waals surface area contributed by atoms with Crippen LogP contribution in [0.25, 0.3) is 0 Å². The monoisotopic (exact) mass is 569 g/mol. The number of carbonyl (C=O) groups excluding carboxylic acids is 4. The molecule has 10 nitrogen and oxygen atoms in total. The van der Waals surface area contributed by atoms with Gasteiger partial charge in [0.25, 0.3) is 0 Å². The fourth-order valence-corrected chi connectivity index (χ4v) is 5.64. The number of allylic oxidation sites excluding steroid dienone is 2. The first-order valence-electron chi connectivity index (χ1n) is 14.7. The molecule has 41 heavy (non-hydrogen) atoms. The SMILES string of the molecule is C[C@H](CC(=O)CN1CCOCC1)C(=O)N[C@@H](Cc1ccc(=O)n(C)c1)C(=O)C[C@@H](CC1=CCCC1)C(=O)[C@@]1(C)CO1. The molecule has 0 spiro atoms. The molecule has 4 rings (SSSR count). The maximum Gasteiger partial charge on any atom is 0.250 e. The normalized spacial score (nSPS) is 22.9. The smallest absolute Gasteiger partial charge is 0.250 e. The van der Waals surface area contributed by atoms with Crippen LogP contribution < -0.4 is 10.9 Å². The van der Waals surface area contributed by atoms with Gasteiger partial charge in [0, 0.05) is 63.5 Å². The van der Waals surface area contributed by atoms with Gasteiger partial charge < -0.3 is 19.4 Å². The number of aryl methyl sites for hydroxylation is 1. The summed E-state index contributed by atoms with van der Waals surface area (Å²) < 4.78 is 12.2. The summed E-state index contributed by atoms with van der Waals surface area (Å²) in [5, 5.41) is 2.88. The van der Waals surface area contributed by atoms with Crippen molar-refractivity contribution in [3.8, 4) is 0 Å². The number of amides is 1. The highest BCUT2D eigenvalue weighted by Crippen LogP contribution is 2.35. The van der Waals surface area contributed by atoms with E-state index in [1.165, 1.54) is 16.2 Å². The number of nitrogens with one attached hydrogen (secondary N) is 1. The van der Waals surface area contributed by atoms with Gasteiger partial charge in [-0.05, 0) is 38.2 Å². The first kappa shape index (κ1) is 31.0. The average molecular weight is 570 g/mol. The molecule has 0 unspecified atom stereocenters. The Morgan fingerprint density at radius 3 is 2.46 bits per heavy atom. The first-order valence-corrected chi connectivity index (χ1v) is 14.7. The van der Waals surface area contributed by atoms with E-state index in [0.717, 1.165) is 19.3 Å². The molecule has 2 aliphatic heterocycles. The summed E-state index contributed by atoms with van der Waals surface area (Å²) in [6, 6.07) is 2.17. The number of epoxide rings is 1. The highest BCUT2D eigenvalue weighted by atomic mass is 16.6. The third-order valence-corrected chi connectivity index (χ3v) is 8.34. The zero-order valence-corrected chi connectivity index (χ0v) is 24.5. The Labute approximate surface area is 241 Å². The number of pyridine rings is 1. The Morgan fingerprint density at radius 2 is 1.83 bits per heavy atom. The van der Waals surface area contributed by atoms with Gasteiger partial charge in [-0.25, -0.2) is 0 Å². The molecule has 0 saturated carbocycles. The highest BCUT2D eigenvalue weighted by Gasteiger charge is 2.50. The summed E-state index contributed by atoms with van der Waals surface area (Å²) in [6.45, 7) is 6.60. The van der Waals surface area contributed by atoms with E-state index in [1.807, 2.05) is 4.90 Å². The molecular weight excluding hydrogens is 526 g/mol. The van der Waals surface area contributed by atoms with E-state index in [-0.39, 0.29) is 54.6 Å². The number of ketones is 3. The summed E-state index contributed by atoms with van der Waals surface area (Å²) in [6.07, 6.45) is 7.47. The molecule has 0 aromatic carbocycles. The van der Waals surface area contributed by atoms with E-state index in [4.69, 9.17) is 9.47 Å². The fraction of sp³-hybridized carbons (Fsp3) is 0.645. The Hall–Kier alpha value is -2.95. The molecule has 0 bridgehead atoms. The second kappa shape index (κ2) is 13.8. The standard InChI is InChI=1S/C31H43N3O7/c1-21(14-25(35)19-34-10-12-40-13-11-34)30(39)32-26(16-23-8-9-28(37)33(3)18-23)27(36)17-24(15-22-6-4-5-7-22)29(38)31(2)20-41-31/h6,8-9,18,21,24,26H,4-5,7,10-17,19-20H2,1-3H3,(H,32,39)/t21-,24-,26+,31-/m1/s1. The van der Waals surface area contributed by atoms with Gasteiger partial charge >= 0.3 is 0 Å². The summed E-state index contributed by atoms with van der Waals surface area (Å²) in [5.41, 5.74) is 0.865. The van der Waals surface area contributed by atoms with Crippen LogP contribution in [0.2, 0.25) is 0 Å². The van der Waals surface area contributed by atoms with Crippen LogP contribution in [0.4, 0.5) is 0 Å². The summed E-state index contributed by atoms with van der Waals surface area (Å²) in [7, 11) is 1.63. The zero-order chi connectivity index (χ0) is 29.6. The van der Waals surface area contributed by atoms with Crippen molar-refractivity contribution in [1.82, 2.24) is 14.8 Å². The maximum absolute atomic E-state index is 13.8. The van der Waals surface area contributed by atoms with Crippen molar-refractivity contribution in [3.05, 3.63) is 45.9 Å². The van der Waals surface area contributed by atoms with Crippen LogP contribution in [0.15, 0.2) is 34.8 Å². The molecule has 224 valence electrons. The van der Waals surface area contributed by atoms with E-state index < -0.39 is 23.5 Å². The van der Waals surface area contributed by atoms with Gasteiger partial charge in [0.05, 0.1) is 32.4 Å². The van der Waals surface area contributed by atoms with Crippen LogP contribution in [0, 0.1) is 11.8 Å². The predicted molar refractivity (Wildman–Crippen MR) is 152 cm³/mol. The fourth-order valence-electron chi connectivity index (χ4n) is 5.64. The van der Waals surface area contributed by atoms with Crippen LogP contribution in [0.1, 0.15) is 57.9 Å². The van der Waals surface area contributed by atoms with Crippen molar-refractivity contribution in [2.24, 2.45) is 18.9 Å². The number of ether oxygens (including phenoxy) is 2. The first-order chi connectivity index (χ1) is 19.5. The second-order valence-corrected chi connectivity index (χ2v) is 12.0. The molecule has 0 radical (unpaired) electrons. The van der Waals surface area contributed by atoms with Gasteiger partial charge in [-0.15, -0.1) is 0 Å². The number of rotatable bonds is 15. The molecule has 2 fully saturated rings. The molecular formula is C31H43N3O7. The van der Waals surface area contributed by atoms with E-state index in [9.17, 15) is 24.0 Å².